The van der Waals surface area contributed by atoms with Crippen molar-refractivity contribution in [3.63, 3.8) is 0 Å². The molecule has 0 unspecified atom stereocenters. The first-order valence-electron chi connectivity index (χ1n) is 7.60. The highest BCUT2D eigenvalue weighted by atomic mass is 79.9. The number of methoxy groups -OCH3 is 1. The minimum absolute atomic E-state index is 0.325. The Balaban J connectivity index is 1.97. The normalized spacial score (nSPS) is 13.2. The van der Waals surface area contributed by atoms with Gasteiger partial charge in [0.2, 0.25) is 0 Å². The van der Waals surface area contributed by atoms with E-state index < -0.39 is 5.91 Å². The lowest BCUT2D eigenvalue weighted by molar-refractivity contribution is 0.100. The van der Waals surface area contributed by atoms with E-state index in [0.29, 0.717) is 21.9 Å². The second kappa shape index (κ2) is 6.94. The van der Waals surface area contributed by atoms with Gasteiger partial charge in [0.15, 0.2) is 0 Å². The average Bonchev–Trinajstić information content (AvgIpc) is 2.92. The summed E-state index contributed by atoms with van der Waals surface area (Å²) in [5.74, 6) is -0.349. The second-order valence-corrected chi connectivity index (χ2v) is 7.60. The van der Waals surface area contributed by atoms with Crippen LogP contribution in [-0.2, 0) is 12.8 Å². The number of fused-ring (bicyclic) bond motifs is 1. The van der Waals surface area contributed by atoms with Crippen LogP contribution in [-0.4, -0.2) is 18.9 Å². The number of nitrogens with two attached hydrogens (primary N) is 1. The Bertz CT molecular complexity index is 816. The summed E-state index contributed by atoms with van der Waals surface area (Å²) in [6.45, 7) is 0. The number of thiophene rings is 1. The van der Waals surface area contributed by atoms with E-state index in [1.165, 1.54) is 18.4 Å². The minimum atomic E-state index is -0.495. The molecule has 0 fully saturated rings. The quantitative estimate of drug-likeness (QED) is 0.807. The van der Waals surface area contributed by atoms with Crippen LogP contribution in [0.3, 0.4) is 0 Å². The van der Waals surface area contributed by atoms with Crippen LogP contribution in [0.2, 0.25) is 0 Å². The SMILES string of the molecule is COc1ccc(Br)cc1C(=O)Nc1sc2c(c1C(N)=O)CCCC2. The number of hydrogen-bond donors (Lipinski definition) is 2. The summed E-state index contributed by atoms with van der Waals surface area (Å²) in [6, 6.07) is 5.20. The molecule has 1 heterocycles. The predicted octanol–water partition coefficient (Wildman–Crippen LogP) is 3.75. The number of carbonyl (C=O) groups excluding carboxylic acids is 2. The zero-order chi connectivity index (χ0) is 17.3. The van der Waals surface area contributed by atoms with Crippen LogP contribution in [0.4, 0.5) is 5.00 Å². The number of benzene rings is 1. The van der Waals surface area contributed by atoms with Gasteiger partial charge in [-0.3, -0.25) is 9.59 Å². The van der Waals surface area contributed by atoms with Gasteiger partial charge in [-0.15, -0.1) is 11.3 Å². The van der Waals surface area contributed by atoms with Gasteiger partial charge in [0.05, 0.1) is 18.2 Å². The van der Waals surface area contributed by atoms with Crippen molar-refractivity contribution in [2.24, 2.45) is 5.73 Å². The summed E-state index contributed by atoms with van der Waals surface area (Å²) in [7, 11) is 1.51. The number of carbonyl (C=O) groups is 2. The summed E-state index contributed by atoms with van der Waals surface area (Å²) >= 11 is 4.80. The molecular formula is C17H17BrN2O3S. The molecular weight excluding hydrogens is 392 g/mol. The van der Waals surface area contributed by atoms with Gasteiger partial charge in [-0.25, -0.2) is 0 Å². The third-order valence-electron chi connectivity index (χ3n) is 4.05. The van der Waals surface area contributed by atoms with Crippen molar-refractivity contribution in [1.29, 1.82) is 0 Å². The van der Waals surface area contributed by atoms with Gasteiger partial charge in [0.1, 0.15) is 10.8 Å². The van der Waals surface area contributed by atoms with Crippen molar-refractivity contribution >= 4 is 44.1 Å². The van der Waals surface area contributed by atoms with E-state index in [0.717, 1.165) is 40.6 Å². The number of amides is 2. The third kappa shape index (κ3) is 3.18. The third-order valence-corrected chi connectivity index (χ3v) is 5.75. The van der Waals surface area contributed by atoms with Gasteiger partial charge in [-0.1, -0.05) is 15.9 Å². The Morgan fingerprint density at radius 1 is 1.29 bits per heavy atom. The highest BCUT2D eigenvalue weighted by Crippen LogP contribution is 2.38. The van der Waals surface area contributed by atoms with Crippen LogP contribution < -0.4 is 15.8 Å². The molecule has 126 valence electrons. The Hall–Kier alpha value is -1.86. The number of aryl methyl sites for hydroxylation is 1. The molecule has 3 N–H and O–H groups in total. The summed E-state index contributed by atoms with van der Waals surface area (Å²) < 4.78 is 6.02. The molecule has 1 aromatic carbocycles. The summed E-state index contributed by atoms with van der Waals surface area (Å²) in [5, 5.41) is 3.37. The van der Waals surface area contributed by atoms with Gasteiger partial charge in [-0.05, 0) is 49.4 Å². The average molecular weight is 409 g/mol. The monoisotopic (exact) mass is 408 g/mol. The Labute approximate surface area is 152 Å². The van der Waals surface area contributed by atoms with Gasteiger partial charge < -0.3 is 15.8 Å². The second-order valence-electron chi connectivity index (χ2n) is 5.58. The number of hydrogen-bond acceptors (Lipinski definition) is 4. The first-order valence-corrected chi connectivity index (χ1v) is 9.21. The fourth-order valence-electron chi connectivity index (χ4n) is 2.94. The molecule has 0 bridgehead atoms. The summed E-state index contributed by atoms with van der Waals surface area (Å²) in [6.07, 6.45) is 3.89. The minimum Gasteiger partial charge on any atom is -0.496 e. The van der Waals surface area contributed by atoms with E-state index in [4.69, 9.17) is 10.5 Å². The number of rotatable bonds is 4. The largest absolute Gasteiger partial charge is 0.496 e. The van der Waals surface area contributed by atoms with Crippen molar-refractivity contribution in [3.05, 3.63) is 44.2 Å². The molecule has 0 aliphatic heterocycles. The lowest BCUT2D eigenvalue weighted by Gasteiger charge is -2.11. The van der Waals surface area contributed by atoms with E-state index in [1.54, 1.807) is 18.2 Å². The molecule has 1 aliphatic carbocycles. The zero-order valence-electron chi connectivity index (χ0n) is 13.1. The lowest BCUT2D eigenvalue weighted by Crippen LogP contribution is -2.19. The molecule has 0 saturated heterocycles. The van der Waals surface area contributed by atoms with Crippen molar-refractivity contribution in [3.8, 4) is 5.75 Å². The van der Waals surface area contributed by atoms with Crippen LogP contribution in [0.1, 0.15) is 44.0 Å². The highest BCUT2D eigenvalue weighted by molar-refractivity contribution is 9.10. The lowest BCUT2D eigenvalue weighted by atomic mass is 9.95. The molecule has 5 nitrogen and oxygen atoms in total. The van der Waals surface area contributed by atoms with Crippen LogP contribution in [0, 0.1) is 0 Å². The summed E-state index contributed by atoms with van der Waals surface area (Å²) in [4.78, 5) is 25.7. The van der Waals surface area contributed by atoms with Crippen LogP contribution in [0.5, 0.6) is 5.75 Å². The Morgan fingerprint density at radius 3 is 2.75 bits per heavy atom. The van der Waals surface area contributed by atoms with Gasteiger partial charge in [-0.2, -0.15) is 0 Å². The number of ether oxygens (including phenoxy) is 1. The van der Waals surface area contributed by atoms with E-state index in [1.807, 2.05) is 0 Å². The topological polar surface area (TPSA) is 81.4 Å². The Kier molecular flexibility index (Phi) is 4.91. The fraction of sp³-hybridized carbons (Fsp3) is 0.294. The maximum Gasteiger partial charge on any atom is 0.260 e. The molecule has 7 heteroatoms. The molecule has 0 spiro atoms. The van der Waals surface area contributed by atoms with E-state index in [2.05, 4.69) is 21.2 Å². The number of primary amides is 1. The molecule has 24 heavy (non-hydrogen) atoms. The van der Waals surface area contributed by atoms with E-state index in [9.17, 15) is 9.59 Å². The van der Waals surface area contributed by atoms with Crippen molar-refractivity contribution in [2.75, 3.05) is 12.4 Å². The maximum absolute atomic E-state index is 12.7. The molecule has 0 saturated carbocycles. The molecule has 1 aromatic heterocycles. The molecule has 2 aromatic rings. The summed E-state index contributed by atoms with van der Waals surface area (Å²) in [5.41, 5.74) is 7.41. The van der Waals surface area contributed by atoms with Gasteiger partial charge >= 0.3 is 0 Å². The van der Waals surface area contributed by atoms with Crippen molar-refractivity contribution in [2.45, 2.75) is 25.7 Å². The number of halogens is 1. The molecule has 3 rings (SSSR count). The zero-order valence-corrected chi connectivity index (χ0v) is 15.6. The Morgan fingerprint density at radius 2 is 2.04 bits per heavy atom. The number of nitrogens with one attached hydrogen (secondary N) is 1. The van der Waals surface area contributed by atoms with Gasteiger partial charge in [0, 0.05) is 9.35 Å². The first-order chi connectivity index (χ1) is 11.5. The van der Waals surface area contributed by atoms with Crippen molar-refractivity contribution in [1.82, 2.24) is 0 Å². The van der Waals surface area contributed by atoms with E-state index >= 15 is 0 Å². The fourth-order valence-corrected chi connectivity index (χ4v) is 4.59. The highest BCUT2D eigenvalue weighted by Gasteiger charge is 2.25. The standard InChI is InChI=1S/C17H17BrN2O3S/c1-23-12-7-6-9(18)8-11(12)16(22)20-17-14(15(19)21)10-4-2-3-5-13(10)24-17/h6-8H,2-5H2,1H3,(H2,19,21)(H,20,22). The molecule has 1 aliphatic rings. The first kappa shape index (κ1) is 17.0. The number of anilines is 1. The molecule has 0 radical (unpaired) electrons. The van der Waals surface area contributed by atoms with E-state index in [-0.39, 0.29) is 5.91 Å². The smallest absolute Gasteiger partial charge is 0.260 e. The van der Waals surface area contributed by atoms with Crippen LogP contribution in [0.15, 0.2) is 22.7 Å². The van der Waals surface area contributed by atoms with Gasteiger partial charge in [0.25, 0.3) is 11.8 Å². The van der Waals surface area contributed by atoms with Crippen LogP contribution in [0.25, 0.3) is 0 Å². The maximum atomic E-state index is 12.7. The van der Waals surface area contributed by atoms with Crippen molar-refractivity contribution < 1.29 is 14.3 Å². The predicted molar refractivity (Wildman–Crippen MR) is 98.1 cm³/mol. The van der Waals surface area contributed by atoms with Crippen LogP contribution >= 0.6 is 27.3 Å². The molecule has 2 amide bonds. The molecule has 0 atom stereocenters.